The predicted octanol–water partition coefficient (Wildman–Crippen LogP) is -2.18. The first-order valence-electron chi connectivity index (χ1n) is 29.2. The number of aliphatic hydroxyl groups excluding tert-OH is 1. The van der Waals surface area contributed by atoms with E-state index in [-0.39, 0.29) is 101 Å². The van der Waals surface area contributed by atoms with E-state index in [1.807, 2.05) is 0 Å². The summed E-state index contributed by atoms with van der Waals surface area (Å²) < 4.78 is 0. The van der Waals surface area contributed by atoms with Crippen LogP contribution in [0.2, 0.25) is 0 Å². The number of unbranched alkanes of at least 4 members (excludes halogenated alkanes) is 1. The summed E-state index contributed by atoms with van der Waals surface area (Å²) in [7, 11) is 0. The van der Waals surface area contributed by atoms with Crippen molar-refractivity contribution in [3.8, 4) is 5.75 Å². The number of carbonyl (C=O) groups excluding carboxylic acids is 9. The number of hydrogen-bond acceptors (Lipinski definition) is 17. The smallest absolute Gasteiger partial charge is 0.327 e. The molecule has 0 bridgehead atoms. The molecule has 18 N–H and O–H groups in total. The number of aliphatic carboxylic acids is 1. The molecule has 476 valence electrons. The third-order valence-electron chi connectivity index (χ3n) is 15.1. The second-order valence-electron chi connectivity index (χ2n) is 21.7. The van der Waals surface area contributed by atoms with Crippen molar-refractivity contribution in [2.75, 3.05) is 37.7 Å². The second-order valence-corrected chi connectivity index (χ2v) is 22.4. The van der Waals surface area contributed by atoms with Gasteiger partial charge in [-0.05, 0) is 87.1 Å². The lowest BCUT2D eigenvalue weighted by atomic mass is 9.97. The molecule has 2 heterocycles. The fraction of sp³-hybridized carbons (Fsp3) is 0.596. The summed E-state index contributed by atoms with van der Waals surface area (Å²) in [5.74, 6) is -8.97. The lowest BCUT2D eigenvalue weighted by molar-refractivity contribution is -0.148. The van der Waals surface area contributed by atoms with Crippen LogP contribution in [0.3, 0.4) is 0 Å². The van der Waals surface area contributed by atoms with Gasteiger partial charge in [-0.1, -0.05) is 76.1 Å². The van der Waals surface area contributed by atoms with Crippen LogP contribution in [0.5, 0.6) is 5.75 Å². The largest absolute Gasteiger partial charge is 0.508 e. The van der Waals surface area contributed by atoms with Crippen molar-refractivity contribution < 1.29 is 63.3 Å². The summed E-state index contributed by atoms with van der Waals surface area (Å²) in [6.07, 6.45) is 0.921. The highest BCUT2D eigenvalue weighted by Crippen LogP contribution is 2.27. The van der Waals surface area contributed by atoms with Crippen LogP contribution in [0, 0.1) is 5.92 Å². The number of thiol groups is 2. The number of carboxylic acid groups (broad SMARTS) is 1. The molecule has 0 radical (unpaired) electrons. The number of amides is 9. The van der Waals surface area contributed by atoms with E-state index >= 15 is 4.79 Å². The lowest BCUT2D eigenvalue weighted by Gasteiger charge is -2.34. The molecule has 2 aromatic rings. The average Bonchev–Trinajstić information content (AvgIpc) is 2.19. The molecule has 0 spiro atoms. The maximum absolute atomic E-state index is 15.1. The number of nitrogens with zero attached hydrogens (tertiary/aromatic N) is 3. The Bertz CT molecular complexity index is 2640. The zero-order valence-electron chi connectivity index (χ0n) is 49.0. The van der Waals surface area contributed by atoms with Gasteiger partial charge in [0, 0.05) is 50.4 Å². The van der Waals surface area contributed by atoms with Crippen molar-refractivity contribution in [1.82, 2.24) is 47.0 Å². The molecule has 9 amide bonds. The summed E-state index contributed by atoms with van der Waals surface area (Å²) in [5, 5.41) is 49.4. The lowest BCUT2D eigenvalue weighted by Crippen LogP contribution is -2.61. The highest BCUT2D eigenvalue weighted by atomic mass is 32.1. The Morgan fingerprint density at radius 1 is 0.663 bits per heavy atom. The molecule has 0 unspecified atom stereocenters. The number of β-amino-alcohol motifs (C(OH)–C–C–N with tert-alkyl or cyclic N) is 1. The molecule has 27 nitrogen and oxygen atoms in total. The Kier molecular flexibility index (Phi) is 29.9. The van der Waals surface area contributed by atoms with Crippen LogP contribution in [0.15, 0.2) is 59.6 Å². The fourth-order valence-electron chi connectivity index (χ4n) is 10.1. The number of aromatic hydroxyl groups is 1. The van der Waals surface area contributed by atoms with Crippen LogP contribution in [-0.4, -0.2) is 194 Å². The Morgan fingerprint density at radius 2 is 1.21 bits per heavy atom. The van der Waals surface area contributed by atoms with Crippen molar-refractivity contribution in [2.24, 2.45) is 33.8 Å². The number of aliphatic hydroxyl groups is 1. The Labute approximate surface area is 512 Å². The standard InChI is InChI=1S/C57H88N14O13S2/c1-4-13-38(48(75)68-43(31-86)56(83)84)65-53(80)46(32(3)5-2)69-52(79)45-28-36(73)29-71(45)55(82)44-18-12-25-70(44)54(81)42(27-33-14-7-6-8-15-33)67-51(78)41(26-34-19-21-35(72)22-20-34)66-50(77)39(16-9-10-23-58)64-49(76)40(17-11-24-62-57(60)61)63-47(74)37(59)30-85/h6-8,14-15,19-22,32,36-46,72-73,85-86H,4-5,9-13,16-18,23-31,58-59H2,1-3H3,(H,63,74)(H,64,76)(H,65,80)(H,66,77)(H,67,78)(H,68,75)(H,69,79)(H,83,84)(H4,60,61,62)/t32-,36+,37-,38-,39-,40-,41-,42-,43-,44-,45-,46-/m0/s1. The first kappa shape index (κ1) is 71.3. The minimum absolute atomic E-state index is 0.0313. The minimum Gasteiger partial charge on any atom is -0.508 e. The maximum Gasteiger partial charge on any atom is 0.327 e. The summed E-state index contributed by atoms with van der Waals surface area (Å²) in [4.78, 5) is 146. The summed E-state index contributed by atoms with van der Waals surface area (Å²) in [6, 6.07) is 2.01. The molecule has 86 heavy (non-hydrogen) atoms. The topological polar surface area (TPSA) is 439 Å². The molecule has 0 aliphatic carbocycles. The van der Waals surface area contributed by atoms with Gasteiger partial charge in [-0.15, -0.1) is 0 Å². The van der Waals surface area contributed by atoms with Gasteiger partial charge in [0.25, 0.3) is 0 Å². The second kappa shape index (κ2) is 36.1. The van der Waals surface area contributed by atoms with Gasteiger partial charge < -0.3 is 85.3 Å². The highest BCUT2D eigenvalue weighted by Gasteiger charge is 2.47. The number of likely N-dealkylation sites (tertiary alicyclic amines) is 2. The van der Waals surface area contributed by atoms with Gasteiger partial charge in [-0.25, -0.2) is 4.79 Å². The number of phenolic OH excluding ortho intramolecular Hbond substituents is 1. The fourth-order valence-corrected chi connectivity index (χ4v) is 10.5. The number of rotatable bonds is 35. The zero-order chi connectivity index (χ0) is 63.6. The van der Waals surface area contributed by atoms with Crippen molar-refractivity contribution in [1.29, 1.82) is 0 Å². The van der Waals surface area contributed by atoms with Gasteiger partial charge in [0.1, 0.15) is 60.1 Å². The van der Waals surface area contributed by atoms with Crippen molar-refractivity contribution in [3.05, 3.63) is 65.7 Å². The monoisotopic (exact) mass is 1240 g/mol. The molecule has 4 rings (SSSR count). The number of nitrogens with one attached hydrogen (secondary N) is 7. The van der Waals surface area contributed by atoms with Gasteiger partial charge in [-0.3, -0.25) is 48.1 Å². The van der Waals surface area contributed by atoms with Gasteiger partial charge >= 0.3 is 5.97 Å². The van der Waals surface area contributed by atoms with Crippen molar-refractivity contribution in [2.45, 2.75) is 171 Å². The first-order chi connectivity index (χ1) is 41.0. The molecule has 2 fully saturated rings. The normalized spacial score (nSPS) is 18.7. The van der Waals surface area contributed by atoms with Crippen LogP contribution in [-0.2, 0) is 60.8 Å². The predicted molar refractivity (Wildman–Crippen MR) is 327 cm³/mol. The highest BCUT2D eigenvalue weighted by molar-refractivity contribution is 7.80. The van der Waals surface area contributed by atoms with Crippen LogP contribution in [0.25, 0.3) is 0 Å². The quantitative estimate of drug-likeness (QED) is 0.0151. The number of carboxylic acids is 1. The molecule has 2 aliphatic rings. The minimum atomic E-state index is -1.43. The Hall–Kier alpha value is -7.21. The summed E-state index contributed by atoms with van der Waals surface area (Å²) in [6.45, 7) is 5.40. The van der Waals surface area contributed by atoms with E-state index in [0.717, 1.165) is 0 Å². The number of carbonyl (C=O) groups is 10. The molecule has 2 saturated heterocycles. The summed E-state index contributed by atoms with van der Waals surface area (Å²) in [5.41, 5.74) is 23.8. The van der Waals surface area contributed by atoms with Crippen LogP contribution in [0.4, 0.5) is 0 Å². The number of hydrogen-bond donors (Lipinski definition) is 16. The van der Waals surface area contributed by atoms with Crippen molar-refractivity contribution in [3.63, 3.8) is 0 Å². The van der Waals surface area contributed by atoms with E-state index < -0.39 is 132 Å². The van der Waals surface area contributed by atoms with Crippen molar-refractivity contribution >= 4 is 90.4 Å². The molecule has 29 heteroatoms. The van der Waals surface area contributed by atoms with E-state index in [9.17, 15) is 58.5 Å². The molecule has 12 atom stereocenters. The van der Waals surface area contributed by atoms with Gasteiger partial charge in [0.15, 0.2) is 5.96 Å². The van der Waals surface area contributed by atoms with Gasteiger partial charge in [-0.2, -0.15) is 25.3 Å². The third-order valence-corrected chi connectivity index (χ3v) is 15.8. The van der Waals surface area contributed by atoms with E-state index in [1.165, 1.54) is 34.1 Å². The summed E-state index contributed by atoms with van der Waals surface area (Å²) >= 11 is 8.10. The Balaban J connectivity index is 1.64. The van der Waals surface area contributed by atoms with Crippen LogP contribution in [0.1, 0.15) is 103 Å². The molecule has 0 saturated carbocycles. The van der Waals surface area contributed by atoms with E-state index in [1.54, 1.807) is 51.1 Å². The number of guanidine groups is 1. The first-order valence-corrected chi connectivity index (χ1v) is 30.4. The molecular weight excluding hydrogens is 1150 g/mol. The number of benzene rings is 2. The van der Waals surface area contributed by atoms with E-state index in [2.05, 4.69) is 67.5 Å². The number of phenols is 1. The van der Waals surface area contributed by atoms with Gasteiger partial charge in [0.2, 0.25) is 53.2 Å². The third kappa shape index (κ3) is 21.9. The van der Waals surface area contributed by atoms with Crippen LogP contribution >= 0.6 is 25.3 Å². The van der Waals surface area contributed by atoms with Gasteiger partial charge in [0.05, 0.1) is 12.1 Å². The molecular formula is C57H88N14O13S2. The zero-order valence-corrected chi connectivity index (χ0v) is 50.8. The van der Waals surface area contributed by atoms with Crippen LogP contribution < -0.4 is 60.2 Å². The molecule has 2 aliphatic heterocycles. The molecule has 0 aromatic heterocycles. The van der Waals surface area contributed by atoms with E-state index in [0.29, 0.717) is 43.2 Å². The van der Waals surface area contributed by atoms with E-state index in [4.69, 9.17) is 22.9 Å². The maximum atomic E-state index is 15.1. The SMILES string of the molecule is CCC[C@H](NC(=O)[C@@H](NC(=O)[C@@H]1C[C@@H](O)CN1C(=O)[C@@H]1CCCN1C(=O)[C@H](Cc1ccccc1)NC(=O)[C@H](Cc1ccc(O)cc1)NC(=O)[C@H](CCCCN)NC(=O)[C@H](CCCN=C(N)N)NC(=O)[C@@H](N)CS)[C@@H](C)CC)C(=O)N[C@@H](CS)C(=O)O. The Morgan fingerprint density at radius 3 is 1.79 bits per heavy atom. The number of aliphatic imine (C=N–C) groups is 1. The average molecular weight is 1240 g/mol. The number of nitrogens with two attached hydrogens (primary N) is 4. The molecule has 2 aromatic carbocycles.